The van der Waals surface area contributed by atoms with Gasteiger partial charge in [0.2, 0.25) is 11.8 Å². The number of likely N-dealkylation sites (N-methyl/N-ethyl adjacent to an activating group) is 1. The number of nitrogens with one attached hydrogen (secondary N) is 1. The van der Waals surface area contributed by atoms with Crippen LogP contribution in [0.25, 0.3) is 0 Å². The minimum absolute atomic E-state index is 0.0171. The van der Waals surface area contributed by atoms with Crippen molar-refractivity contribution in [2.24, 2.45) is 0 Å². The van der Waals surface area contributed by atoms with E-state index in [1.54, 1.807) is 0 Å². The summed E-state index contributed by atoms with van der Waals surface area (Å²) >= 11 is 0. The Morgan fingerprint density at radius 1 is 1.45 bits per heavy atom. The largest absolute Gasteiger partial charge is 0.385 e. The Hall–Kier alpha value is -1.77. The van der Waals surface area contributed by atoms with E-state index in [4.69, 9.17) is 5.11 Å². The van der Waals surface area contributed by atoms with Crippen LogP contribution in [-0.2, 0) is 9.59 Å². The molecule has 7 nitrogen and oxygen atoms in total. The van der Waals surface area contributed by atoms with Crippen molar-refractivity contribution >= 4 is 17.8 Å². The number of halogens is 2. The van der Waals surface area contributed by atoms with Crippen LogP contribution in [0.4, 0.5) is 13.6 Å². The summed E-state index contributed by atoms with van der Waals surface area (Å²) < 4.78 is 23.9. The number of amides is 4. The molecule has 1 aliphatic rings. The molecule has 1 unspecified atom stereocenters. The van der Waals surface area contributed by atoms with Crippen molar-refractivity contribution in [3.63, 3.8) is 0 Å². The molecule has 0 aliphatic carbocycles. The second-order valence-electron chi connectivity index (χ2n) is 4.49. The molecule has 0 bridgehead atoms. The fourth-order valence-electron chi connectivity index (χ4n) is 1.68. The molecule has 0 radical (unpaired) electrons. The Kier molecular flexibility index (Phi) is 5.81. The maximum Gasteiger partial charge on any atom is 0.326 e. The van der Waals surface area contributed by atoms with Crippen molar-refractivity contribution in [2.75, 3.05) is 26.7 Å². The Labute approximate surface area is 114 Å². The van der Waals surface area contributed by atoms with E-state index in [0.717, 1.165) is 4.90 Å². The first-order valence-corrected chi connectivity index (χ1v) is 6.11. The molecule has 1 atom stereocenters. The SMILES string of the molecule is CN1CC(=O)N(CCCC(=O)NCC(O)C(F)F)C1=O. The standard InChI is InChI=1S/C11H17F2N3O4/c1-15-6-9(19)16(11(15)20)4-2-3-8(18)14-5-7(17)10(12)13/h7,10,17H,2-6H2,1H3,(H,14,18). The first-order valence-electron chi connectivity index (χ1n) is 6.11. The van der Waals surface area contributed by atoms with Crippen molar-refractivity contribution in [2.45, 2.75) is 25.4 Å². The van der Waals surface area contributed by atoms with Crippen LogP contribution in [0.15, 0.2) is 0 Å². The van der Waals surface area contributed by atoms with Gasteiger partial charge < -0.3 is 15.3 Å². The summed E-state index contributed by atoms with van der Waals surface area (Å²) in [6.07, 6.45) is -4.58. The van der Waals surface area contributed by atoms with Gasteiger partial charge in [0.05, 0.1) is 0 Å². The fraction of sp³-hybridized carbons (Fsp3) is 0.727. The van der Waals surface area contributed by atoms with Crippen molar-refractivity contribution in [1.82, 2.24) is 15.1 Å². The highest BCUT2D eigenvalue weighted by molar-refractivity contribution is 6.01. The number of rotatable bonds is 7. The molecule has 1 rings (SSSR count). The van der Waals surface area contributed by atoms with Gasteiger partial charge in [-0.1, -0.05) is 0 Å². The molecule has 2 N–H and O–H groups in total. The van der Waals surface area contributed by atoms with Crippen LogP contribution in [0.5, 0.6) is 0 Å². The third-order valence-electron chi connectivity index (χ3n) is 2.82. The number of alkyl halides is 2. The maximum absolute atomic E-state index is 12.0. The van der Waals surface area contributed by atoms with Crippen LogP contribution in [0.1, 0.15) is 12.8 Å². The Balaban J connectivity index is 2.22. The number of carbonyl (C=O) groups is 3. The van der Waals surface area contributed by atoms with Gasteiger partial charge in [-0.05, 0) is 6.42 Å². The molecule has 0 aromatic heterocycles. The smallest absolute Gasteiger partial charge is 0.326 e. The summed E-state index contributed by atoms with van der Waals surface area (Å²) in [4.78, 5) is 36.5. The van der Waals surface area contributed by atoms with E-state index in [-0.39, 0.29) is 31.8 Å². The molecule has 0 spiro atoms. The van der Waals surface area contributed by atoms with Crippen LogP contribution in [0.2, 0.25) is 0 Å². The van der Waals surface area contributed by atoms with E-state index in [9.17, 15) is 23.2 Å². The zero-order valence-electron chi connectivity index (χ0n) is 11.0. The lowest BCUT2D eigenvalue weighted by Crippen LogP contribution is -2.36. The minimum Gasteiger partial charge on any atom is -0.385 e. The van der Waals surface area contributed by atoms with Crippen molar-refractivity contribution < 1.29 is 28.3 Å². The van der Waals surface area contributed by atoms with Gasteiger partial charge in [0.1, 0.15) is 12.6 Å². The molecule has 20 heavy (non-hydrogen) atoms. The first kappa shape index (κ1) is 16.3. The van der Waals surface area contributed by atoms with Crippen LogP contribution < -0.4 is 5.32 Å². The summed E-state index contributed by atoms with van der Waals surface area (Å²) in [5.41, 5.74) is 0. The highest BCUT2D eigenvalue weighted by Crippen LogP contribution is 2.09. The van der Waals surface area contributed by atoms with E-state index in [1.807, 2.05) is 0 Å². The van der Waals surface area contributed by atoms with Gasteiger partial charge in [-0.15, -0.1) is 0 Å². The molecule has 1 heterocycles. The number of aliphatic hydroxyl groups excluding tert-OH is 1. The summed E-state index contributed by atoms with van der Waals surface area (Å²) in [7, 11) is 1.50. The molecular formula is C11H17F2N3O4. The van der Waals surface area contributed by atoms with Gasteiger partial charge in [-0.3, -0.25) is 14.5 Å². The number of urea groups is 1. The molecule has 0 aromatic rings. The third-order valence-corrected chi connectivity index (χ3v) is 2.82. The lowest BCUT2D eigenvalue weighted by molar-refractivity contribution is -0.126. The molecule has 0 saturated carbocycles. The molecule has 4 amide bonds. The summed E-state index contributed by atoms with van der Waals surface area (Å²) in [5, 5.41) is 11.0. The normalized spacial score (nSPS) is 17.1. The van der Waals surface area contributed by atoms with Crippen molar-refractivity contribution in [3.8, 4) is 0 Å². The van der Waals surface area contributed by atoms with Crippen LogP contribution >= 0.6 is 0 Å². The predicted octanol–water partition coefficient (Wildman–Crippen LogP) is -0.597. The monoisotopic (exact) mass is 293 g/mol. The van der Waals surface area contributed by atoms with Crippen LogP contribution in [0, 0.1) is 0 Å². The average molecular weight is 293 g/mol. The van der Waals surface area contributed by atoms with Crippen molar-refractivity contribution in [1.29, 1.82) is 0 Å². The highest BCUT2D eigenvalue weighted by Gasteiger charge is 2.32. The zero-order valence-corrected chi connectivity index (χ0v) is 11.0. The third kappa shape index (κ3) is 4.41. The highest BCUT2D eigenvalue weighted by atomic mass is 19.3. The van der Waals surface area contributed by atoms with Gasteiger partial charge in [0.15, 0.2) is 0 Å². The van der Waals surface area contributed by atoms with Gasteiger partial charge >= 0.3 is 6.03 Å². The lowest BCUT2D eigenvalue weighted by atomic mass is 10.2. The molecule has 0 aromatic carbocycles. The van der Waals surface area contributed by atoms with E-state index < -0.39 is 31.0 Å². The Morgan fingerprint density at radius 2 is 2.10 bits per heavy atom. The summed E-state index contributed by atoms with van der Waals surface area (Å²) in [5.74, 6) is -0.844. The molecule has 1 fully saturated rings. The number of hydrogen-bond acceptors (Lipinski definition) is 4. The number of aliphatic hydroxyl groups is 1. The van der Waals surface area contributed by atoms with Crippen LogP contribution in [-0.4, -0.2) is 72.0 Å². The first-order chi connectivity index (χ1) is 9.32. The van der Waals surface area contributed by atoms with Crippen molar-refractivity contribution in [3.05, 3.63) is 0 Å². The molecule has 114 valence electrons. The van der Waals surface area contributed by atoms with Gasteiger partial charge in [0.25, 0.3) is 6.43 Å². The predicted molar refractivity (Wildman–Crippen MR) is 64.0 cm³/mol. The summed E-state index contributed by atoms with van der Waals surface area (Å²) in [6, 6.07) is -0.413. The number of nitrogens with zero attached hydrogens (tertiary/aromatic N) is 2. The number of hydrogen-bond donors (Lipinski definition) is 2. The quantitative estimate of drug-likeness (QED) is 0.614. The number of imide groups is 1. The number of carbonyl (C=O) groups excluding carboxylic acids is 3. The Morgan fingerprint density at radius 3 is 2.60 bits per heavy atom. The molecule has 1 saturated heterocycles. The molecule has 9 heteroatoms. The minimum atomic E-state index is -2.91. The topological polar surface area (TPSA) is 90.0 Å². The van der Waals surface area contributed by atoms with E-state index in [2.05, 4.69) is 5.32 Å². The van der Waals surface area contributed by atoms with E-state index in [0.29, 0.717) is 0 Å². The van der Waals surface area contributed by atoms with Gasteiger partial charge in [0, 0.05) is 26.6 Å². The molecule has 1 aliphatic heterocycles. The second kappa shape index (κ2) is 7.13. The van der Waals surface area contributed by atoms with Gasteiger partial charge in [-0.25, -0.2) is 13.6 Å². The van der Waals surface area contributed by atoms with Crippen LogP contribution in [0.3, 0.4) is 0 Å². The van der Waals surface area contributed by atoms with Gasteiger partial charge in [-0.2, -0.15) is 0 Å². The zero-order chi connectivity index (χ0) is 15.3. The lowest BCUT2D eigenvalue weighted by Gasteiger charge is -2.14. The second-order valence-corrected chi connectivity index (χ2v) is 4.49. The van der Waals surface area contributed by atoms with E-state index >= 15 is 0 Å². The maximum atomic E-state index is 12.0. The fourth-order valence-corrected chi connectivity index (χ4v) is 1.68. The average Bonchev–Trinajstić information content (AvgIpc) is 2.62. The van der Waals surface area contributed by atoms with E-state index in [1.165, 1.54) is 11.9 Å². The molecular weight excluding hydrogens is 276 g/mol. The Bertz CT molecular complexity index is 392. The summed E-state index contributed by atoms with van der Waals surface area (Å²) in [6.45, 7) is -0.404.